The highest BCUT2D eigenvalue weighted by Crippen LogP contribution is 1.54. The van der Waals surface area contributed by atoms with Crippen LogP contribution in [0.4, 0.5) is 0 Å². The van der Waals surface area contributed by atoms with Gasteiger partial charge in [-0.2, -0.15) is 0 Å². The van der Waals surface area contributed by atoms with Gasteiger partial charge in [-0.3, -0.25) is 4.99 Å². The second kappa shape index (κ2) is 4.43. The first kappa shape index (κ1) is 5.43. The topological polar surface area (TPSA) is 64.4 Å². The van der Waals surface area contributed by atoms with Crippen LogP contribution in [0, 0.1) is 0 Å². The zero-order valence-corrected chi connectivity index (χ0v) is 3.59. The number of aliphatic imine (C=N–C) groups is 1. The molecule has 0 saturated heterocycles. The molecule has 0 aliphatic heterocycles. The molecule has 0 aromatic rings. The third kappa shape index (κ3) is 3.43. The zero-order valence-electron chi connectivity index (χ0n) is 3.59. The number of rotatable bonds is 2. The summed E-state index contributed by atoms with van der Waals surface area (Å²) >= 11 is 0. The number of hydrogen-bond donors (Lipinski definition) is 2. The van der Waals surface area contributed by atoms with Crippen molar-refractivity contribution in [1.82, 2.24) is 0 Å². The Balaban J connectivity index is 2.66. The normalized spacial score (nSPS) is 10.2. The van der Waals surface area contributed by atoms with Crippen molar-refractivity contribution in [2.45, 2.75) is 0 Å². The molecule has 0 heterocycles. The molecule has 0 fully saturated rings. The van der Waals surface area contributed by atoms with E-state index in [-0.39, 0.29) is 0 Å². The predicted molar refractivity (Wildman–Crippen MR) is 26.6 cm³/mol. The van der Waals surface area contributed by atoms with E-state index >= 15 is 0 Å². The molecule has 0 aliphatic rings. The first-order valence-electron chi connectivity index (χ1n) is 1.82. The van der Waals surface area contributed by atoms with Gasteiger partial charge in [0, 0.05) is 6.54 Å². The largest absolute Gasteiger partial charge is 0.390 e. The molecule has 36 valence electrons. The van der Waals surface area contributed by atoms with E-state index in [0.29, 0.717) is 13.1 Å². The molecule has 3 heteroatoms. The van der Waals surface area contributed by atoms with Crippen LogP contribution in [0.25, 0.3) is 0 Å². The molecule has 0 aromatic carbocycles. The Labute approximate surface area is 37.0 Å². The van der Waals surface area contributed by atoms with Crippen LogP contribution in [0.15, 0.2) is 4.99 Å². The summed E-state index contributed by atoms with van der Waals surface area (Å²) in [5, 5.41) is 0. The molecule has 0 bridgehead atoms. The van der Waals surface area contributed by atoms with Gasteiger partial charge in [0.2, 0.25) is 0 Å². The average molecular weight is 87.1 g/mol. The van der Waals surface area contributed by atoms with E-state index in [1.54, 1.807) is 0 Å². The van der Waals surface area contributed by atoms with Crippen LogP contribution in [0.3, 0.4) is 0 Å². The number of nitrogens with two attached hydrogens (primary N) is 2. The molecular weight excluding hydrogens is 78.1 g/mol. The fourth-order valence-corrected chi connectivity index (χ4v) is 0.149. The van der Waals surface area contributed by atoms with E-state index in [1.165, 1.54) is 6.34 Å². The van der Waals surface area contributed by atoms with E-state index in [2.05, 4.69) is 4.99 Å². The smallest absolute Gasteiger partial charge is 0.0798 e. The van der Waals surface area contributed by atoms with Gasteiger partial charge in [-0.05, 0) is 0 Å². The van der Waals surface area contributed by atoms with Crippen molar-refractivity contribution >= 4 is 6.34 Å². The Morgan fingerprint density at radius 2 is 2.33 bits per heavy atom. The summed E-state index contributed by atoms with van der Waals surface area (Å²) in [5.41, 5.74) is 9.91. The Morgan fingerprint density at radius 3 is 2.50 bits per heavy atom. The molecule has 6 heavy (non-hydrogen) atoms. The first-order valence-corrected chi connectivity index (χ1v) is 1.82. The van der Waals surface area contributed by atoms with Crippen molar-refractivity contribution in [1.29, 1.82) is 0 Å². The van der Waals surface area contributed by atoms with E-state index in [0.717, 1.165) is 0 Å². The molecule has 0 aromatic heterocycles. The van der Waals surface area contributed by atoms with E-state index in [4.69, 9.17) is 11.5 Å². The molecule has 0 radical (unpaired) electrons. The van der Waals surface area contributed by atoms with Gasteiger partial charge in [0.05, 0.1) is 12.9 Å². The summed E-state index contributed by atoms with van der Waals surface area (Å²) in [7, 11) is 0. The van der Waals surface area contributed by atoms with Gasteiger partial charge in [-0.1, -0.05) is 0 Å². The lowest BCUT2D eigenvalue weighted by Crippen LogP contribution is -2.03. The Hall–Kier alpha value is -0.570. The minimum absolute atomic E-state index is 0.577. The van der Waals surface area contributed by atoms with Gasteiger partial charge < -0.3 is 11.5 Å². The predicted octanol–water partition coefficient (Wildman–Crippen LogP) is -1.07. The summed E-state index contributed by atoms with van der Waals surface area (Å²) in [6.07, 6.45) is 1.26. The van der Waals surface area contributed by atoms with Gasteiger partial charge in [0.1, 0.15) is 0 Å². The molecule has 0 rings (SSSR count). The van der Waals surface area contributed by atoms with E-state index in [9.17, 15) is 0 Å². The highest BCUT2D eigenvalue weighted by molar-refractivity contribution is 5.50. The third-order valence-corrected chi connectivity index (χ3v) is 0.364. The minimum Gasteiger partial charge on any atom is -0.390 e. The van der Waals surface area contributed by atoms with Gasteiger partial charge in [0.15, 0.2) is 0 Å². The monoisotopic (exact) mass is 87.1 g/mol. The minimum atomic E-state index is 0.577. The maximum Gasteiger partial charge on any atom is 0.0798 e. The fourth-order valence-electron chi connectivity index (χ4n) is 0.149. The lowest BCUT2D eigenvalue weighted by Gasteiger charge is -1.78. The quantitative estimate of drug-likeness (QED) is 0.333. The van der Waals surface area contributed by atoms with Crippen LogP contribution in [-0.4, -0.2) is 19.4 Å². The van der Waals surface area contributed by atoms with Crippen molar-refractivity contribution in [2.24, 2.45) is 16.5 Å². The van der Waals surface area contributed by atoms with Gasteiger partial charge in [-0.15, -0.1) is 0 Å². The van der Waals surface area contributed by atoms with Gasteiger partial charge in [-0.25, -0.2) is 0 Å². The third-order valence-electron chi connectivity index (χ3n) is 0.364. The average Bonchev–Trinajstić information content (AvgIpc) is 1.61. The molecule has 3 nitrogen and oxygen atoms in total. The standard InChI is InChI=1S/C3H9N3/c4-1-2-6-3-5/h3H,1-2,4H2,(H2,5,6). The maximum absolute atomic E-state index is 5.05. The molecule has 0 saturated carbocycles. The van der Waals surface area contributed by atoms with E-state index in [1.807, 2.05) is 0 Å². The van der Waals surface area contributed by atoms with Crippen molar-refractivity contribution < 1.29 is 0 Å². The number of nitrogens with zero attached hydrogens (tertiary/aromatic N) is 1. The van der Waals surface area contributed by atoms with Crippen LogP contribution in [0.1, 0.15) is 0 Å². The Kier molecular flexibility index (Phi) is 4.01. The summed E-state index contributed by atoms with van der Waals surface area (Å²) in [6, 6.07) is 0. The molecule has 0 amide bonds. The van der Waals surface area contributed by atoms with Gasteiger partial charge in [0.25, 0.3) is 0 Å². The lowest BCUT2D eigenvalue weighted by atomic mass is 10.7. The first-order chi connectivity index (χ1) is 2.91. The molecule has 0 unspecified atom stereocenters. The Morgan fingerprint density at radius 1 is 1.67 bits per heavy atom. The molecule has 4 N–H and O–H groups in total. The van der Waals surface area contributed by atoms with Crippen molar-refractivity contribution in [3.05, 3.63) is 0 Å². The van der Waals surface area contributed by atoms with Crippen LogP contribution < -0.4 is 11.5 Å². The highest BCUT2D eigenvalue weighted by atomic mass is 14.8. The fraction of sp³-hybridized carbons (Fsp3) is 0.667. The molecule has 0 atom stereocenters. The second-order valence-electron chi connectivity index (χ2n) is 0.844. The van der Waals surface area contributed by atoms with E-state index < -0.39 is 0 Å². The Bertz CT molecular complexity index is 41.3. The second-order valence-corrected chi connectivity index (χ2v) is 0.844. The summed E-state index contributed by atoms with van der Waals surface area (Å²) < 4.78 is 0. The molecular formula is C3H9N3. The molecule has 0 aliphatic carbocycles. The van der Waals surface area contributed by atoms with Crippen molar-refractivity contribution in [3.8, 4) is 0 Å². The summed E-state index contributed by atoms with van der Waals surface area (Å²) in [5.74, 6) is 0. The SMILES string of the molecule is NC=NCCN. The van der Waals surface area contributed by atoms with Crippen molar-refractivity contribution in [2.75, 3.05) is 13.1 Å². The van der Waals surface area contributed by atoms with Crippen LogP contribution in [-0.2, 0) is 0 Å². The number of hydrogen-bond acceptors (Lipinski definition) is 2. The van der Waals surface area contributed by atoms with Gasteiger partial charge >= 0.3 is 0 Å². The zero-order chi connectivity index (χ0) is 4.83. The lowest BCUT2D eigenvalue weighted by molar-refractivity contribution is 0.979. The summed E-state index contributed by atoms with van der Waals surface area (Å²) in [4.78, 5) is 3.62. The van der Waals surface area contributed by atoms with Crippen LogP contribution in [0.2, 0.25) is 0 Å². The van der Waals surface area contributed by atoms with Crippen LogP contribution in [0.5, 0.6) is 0 Å². The van der Waals surface area contributed by atoms with Crippen molar-refractivity contribution in [3.63, 3.8) is 0 Å². The molecule has 0 spiro atoms. The highest BCUT2D eigenvalue weighted by Gasteiger charge is 1.64. The summed E-state index contributed by atoms with van der Waals surface area (Å²) in [6.45, 7) is 1.21. The maximum atomic E-state index is 5.05. The van der Waals surface area contributed by atoms with Crippen LogP contribution >= 0.6 is 0 Å².